The predicted molar refractivity (Wildman–Crippen MR) is 98.1 cm³/mol. The molecule has 2 atom stereocenters. The Balaban J connectivity index is 1.51. The fraction of sp³-hybridized carbons (Fsp3) is 0.550. The molecule has 0 aromatic heterocycles. The minimum Gasteiger partial charge on any atom is -0.342 e. The van der Waals surface area contributed by atoms with Crippen molar-refractivity contribution in [1.82, 2.24) is 9.91 Å². The zero-order chi connectivity index (χ0) is 17.8. The van der Waals surface area contributed by atoms with Crippen LogP contribution in [0, 0.1) is 11.8 Å². The molecule has 1 fully saturated rings. The lowest BCUT2D eigenvalue weighted by atomic mass is 9.91. The van der Waals surface area contributed by atoms with E-state index in [4.69, 9.17) is 0 Å². The van der Waals surface area contributed by atoms with Crippen molar-refractivity contribution in [2.45, 2.75) is 39.5 Å². The largest absolute Gasteiger partial charge is 0.342 e. The van der Waals surface area contributed by atoms with Gasteiger partial charge in [-0.3, -0.25) is 9.59 Å². The van der Waals surface area contributed by atoms with Gasteiger partial charge in [0.25, 0.3) is 0 Å². The average Bonchev–Trinajstić information content (AvgIpc) is 3.09. The first-order valence-electron chi connectivity index (χ1n) is 9.24. The van der Waals surface area contributed by atoms with Gasteiger partial charge in [-0.2, -0.15) is 5.10 Å². The van der Waals surface area contributed by atoms with Gasteiger partial charge in [-0.05, 0) is 23.8 Å². The molecule has 1 aromatic rings. The third-order valence-corrected chi connectivity index (χ3v) is 4.97. The molecule has 2 unspecified atom stereocenters. The highest BCUT2D eigenvalue weighted by molar-refractivity contribution is 6.02. The third kappa shape index (κ3) is 4.47. The standard InChI is InChI=1S/C20H27N3O2/c1-15-12-16(2)14-22(13-15)19(24)8-9-20(25)23-11-10-18(21-23)17-6-4-3-5-7-17/h3-7,15-16H,8-14H2,1-2H3. The molecule has 25 heavy (non-hydrogen) atoms. The Bertz CT molecular complexity index is 646. The molecule has 2 heterocycles. The second kappa shape index (κ2) is 7.81. The first-order chi connectivity index (χ1) is 12.0. The molecule has 2 aliphatic heterocycles. The third-order valence-electron chi connectivity index (χ3n) is 4.97. The highest BCUT2D eigenvalue weighted by Crippen LogP contribution is 2.22. The molecule has 0 spiro atoms. The highest BCUT2D eigenvalue weighted by atomic mass is 16.2. The Kier molecular flexibility index (Phi) is 5.51. The number of nitrogens with zero attached hydrogens (tertiary/aromatic N) is 3. The normalized spacial score (nSPS) is 23.5. The van der Waals surface area contributed by atoms with Crippen molar-refractivity contribution in [1.29, 1.82) is 0 Å². The molecule has 5 heteroatoms. The summed E-state index contributed by atoms with van der Waals surface area (Å²) in [6.07, 6.45) is 2.47. The number of benzene rings is 1. The monoisotopic (exact) mass is 341 g/mol. The van der Waals surface area contributed by atoms with Gasteiger partial charge in [-0.25, -0.2) is 5.01 Å². The fourth-order valence-corrected chi connectivity index (χ4v) is 3.84. The lowest BCUT2D eigenvalue weighted by molar-refractivity contribution is -0.138. The first kappa shape index (κ1) is 17.6. The van der Waals surface area contributed by atoms with Gasteiger partial charge in [0.05, 0.1) is 12.3 Å². The van der Waals surface area contributed by atoms with E-state index in [-0.39, 0.29) is 24.7 Å². The highest BCUT2D eigenvalue weighted by Gasteiger charge is 2.27. The van der Waals surface area contributed by atoms with Gasteiger partial charge in [0.1, 0.15) is 0 Å². The van der Waals surface area contributed by atoms with Crippen LogP contribution in [0.3, 0.4) is 0 Å². The molecular formula is C20H27N3O2. The Labute approximate surface area is 149 Å². The van der Waals surface area contributed by atoms with Gasteiger partial charge in [0, 0.05) is 32.4 Å². The fourth-order valence-electron chi connectivity index (χ4n) is 3.84. The predicted octanol–water partition coefficient (Wildman–Crippen LogP) is 2.91. The van der Waals surface area contributed by atoms with Crippen molar-refractivity contribution >= 4 is 17.5 Å². The molecule has 0 aliphatic carbocycles. The van der Waals surface area contributed by atoms with Crippen molar-refractivity contribution < 1.29 is 9.59 Å². The van der Waals surface area contributed by atoms with E-state index in [1.165, 1.54) is 11.4 Å². The molecule has 5 nitrogen and oxygen atoms in total. The van der Waals surface area contributed by atoms with Crippen LogP contribution >= 0.6 is 0 Å². The molecule has 3 rings (SSSR count). The lowest BCUT2D eigenvalue weighted by Crippen LogP contribution is -2.42. The summed E-state index contributed by atoms with van der Waals surface area (Å²) in [4.78, 5) is 26.7. The summed E-state index contributed by atoms with van der Waals surface area (Å²) in [5, 5.41) is 5.97. The number of hydrazone groups is 1. The SMILES string of the molecule is CC1CC(C)CN(C(=O)CCC(=O)N2CCC(c3ccccc3)=N2)C1. The number of rotatable bonds is 4. The Morgan fingerprint density at radius 2 is 1.68 bits per heavy atom. The minimum atomic E-state index is -0.0580. The summed E-state index contributed by atoms with van der Waals surface area (Å²) in [6, 6.07) is 9.93. The second-order valence-electron chi connectivity index (χ2n) is 7.42. The van der Waals surface area contributed by atoms with Crippen molar-refractivity contribution in [3.05, 3.63) is 35.9 Å². The van der Waals surface area contributed by atoms with Crippen LogP contribution in [0.5, 0.6) is 0 Å². The smallest absolute Gasteiger partial charge is 0.243 e. The molecule has 0 saturated carbocycles. The van der Waals surface area contributed by atoms with E-state index >= 15 is 0 Å². The maximum Gasteiger partial charge on any atom is 0.243 e. The molecule has 2 amide bonds. The van der Waals surface area contributed by atoms with Gasteiger partial charge in [0.15, 0.2) is 0 Å². The Hall–Kier alpha value is -2.17. The first-order valence-corrected chi connectivity index (χ1v) is 9.24. The van der Waals surface area contributed by atoms with Crippen LogP contribution in [0.15, 0.2) is 35.4 Å². The molecule has 1 aromatic carbocycles. The van der Waals surface area contributed by atoms with Crippen LogP contribution in [0.25, 0.3) is 0 Å². The quantitative estimate of drug-likeness (QED) is 0.845. The van der Waals surface area contributed by atoms with Crippen LogP contribution in [-0.2, 0) is 9.59 Å². The topological polar surface area (TPSA) is 53.0 Å². The number of carbonyl (C=O) groups excluding carboxylic acids is 2. The van der Waals surface area contributed by atoms with Gasteiger partial charge < -0.3 is 4.90 Å². The zero-order valence-corrected chi connectivity index (χ0v) is 15.1. The van der Waals surface area contributed by atoms with Crippen LogP contribution < -0.4 is 0 Å². The summed E-state index contributed by atoms with van der Waals surface area (Å²) in [5.74, 6) is 1.12. The minimum absolute atomic E-state index is 0.0580. The number of carbonyl (C=O) groups is 2. The van der Waals surface area contributed by atoms with Crippen LogP contribution in [0.1, 0.15) is 45.1 Å². The summed E-state index contributed by atoms with van der Waals surface area (Å²) in [7, 11) is 0. The number of hydrogen-bond donors (Lipinski definition) is 0. The average molecular weight is 341 g/mol. The molecule has 0 radical (unpaired) electrons. The summed E-state index contributed by atoms with van der Waals surface area (Å²) < 4.78 is 0. The van der Waals surface area contributed by atoms with E-state index < -0.39 is 0 Å². The number of piperidine rings is 1. The Morgan fingerprint density at radius 3 is 2.36 bits per heavy atom. The zero-order valence-electron chi connectivity index (χ0n) is 15.1. The van der Waals surface area contributed by atoms with E-state index in [9.17, 15) is 9.59 Å². The van der Waals surface area contributed by atoms with Gasteiger partial charge in [0.2, 0.25) is 11.8 Å². The molecule has 0 bridgehead atoms. The number of amides is 2. The number of hydrogen-bond acceptors (Lipinski definition) is 3. The van der Waals surface area contributed by atoms with Crippen molar-refractivity contribution in [2.75, 3.05) is 19.6 Å². The van der Waals surface area contributed by atoms with Crippen LogP contribution in [0.2, 0.25) is 0 Å². The van der Waals surface area contributed by atoms with E-state index in [1.54, 1.807) is 0 Å². The molecule has 0 N–H and O–H groups in total. The number of likely N-dealkylation sites (tertiary alicyclic amines) is 1. The van der Waals surface area contributed by atoms with E-state index in [1.807, 2.05) is 35.2 Å². The summed E-state index contributed by atoms with van der Waals surface area (Å²) in [6.45, 7) is 6.61. The van der Waals surface area contributed by atoms with Crippen molar-refractivity contribution in [3.63, 3.8) is 0 Å². The van der Waals surface area contributed by atoms with Crippen LogP contribution in [-0.4, -0.2) is 47.1 Å². The van der Waals surface area contributed by atoms with Crippen molar-refractivity contribution in [2.24, 2.45) is 16.9 Å². The van der Waals surface area contributed by atoms with Gasteiger partial charge in [-0.15, -0.1) is 0 Å². The lowest BCUT2D eigenvalue weighted by Gasteiger charge is -2.35. The second-order valence-corrected chi connectivity index (χ2v) is 7.42. The summed E-state index contributed by atoms with van der Waals surface area (Å²) in [5.41, 5.74) is 2.00. The maximum atomic E-state index is 12.4. The molecule has 2 aliphatic rings. The van der Waals surface area contributed by atoms with E-state index in [0.717, 1.165) is 30.8 Å². The van der Waals surface area contributed by atoms with E-state index in [0.29, 0.717) is 18.4 Å². The molecule has 1 saturated heterocycles. The maximum absolute atomic E-state index is 12.4. The summed E-state index contributed by atoms with van der Waals surface area (Å²) >= 11 is 0. The van der Waals surface area contributed by atoms with Gasteiger partial charge in [-0.1, -0.05) is 44.2 Å². The molecular weight excluding hydrogens is 314 g/mol. The Morgan fingerprint density at radius 1 is 1.04 bits per heavy atom. The van der Waals surface area contributed by atoms with Crippen LogP contribution in [0.4, 0.5) is 0 Å². The van der Waals surface area contributed by atoms with E-state index in [2.05, 4.69) is 18.9 Å². The molecule has 134 valence electrons. The van der Waals surface area contributed by atoms with Gasteiger partial charge >= 0.3 is 0 Å². The van der Waals surface area contributed by atoms with Crippen molar-refractivity contribution in [3.8, 4) is 0 Å².